The molecule has 0 aliphatic rings. The van der Waals surface area contributed by atoms with Gasteiger partial charge in [0.25, 0.3) is 0 Å². The average molecular weight is 421 g/mol. The van der Waals surface area contributed by atoms with Gasteiger partial charge in [0.1, 0.15) is 0 Å². The largest absolute Gasteiger partial charge is 0.478 e. The van der Waals surface area contributed by atoms with Crippen molar-refractivity contribution < 1.29 is 39.1 Å². The lowest BCUT2D eigenvalue weighted by atomic mass is 10.1. The number of aliphatic hydroxyl groups excluding tert-OH is 2. The number of methoxy groups -OCH3 is 1. The molecule has 0 fully saturated rings. The third-order valence-corrected chi connectivity index (χ3v) is 3.35. The van der Waals surface area contributed by atoms with Crippen molar-refractivity contribution in [3.63, 3.8) is 0 Å². The summed E-state index contributed by atoms with van der Waals surface area (Å²) in [6, 6.07) is 0. The van der Waals surface area contributed by atoms with Crippen molar-refractivity contribution in [3.05, 3.63) is 25.3 Å². The van der Waals surface area contributed by atoms with E-state index in [0.717, 1.165) is 18.9 Å². The minimum Gasteiger partial charge on any atom is -0.478 e. The molecule has 0 saturated heterocycles. The zero-order chi connectivity index (χ0) is 22.8. The number of carboxylic acids is 1. The van der Waals surface area contributed by atoms with Gasteiger partial charge in [-0.25, -0.2) is 9.59 Å². The Balaban J connectivity index is -0.000000407. The van der Waals surface area contributed by atoms with Gasteiger partial charge in [0.05, 0.1) is 26.4 Å². The molecule has 3 N–H and O–H groups in total. The molecule has 0 aliphatic heterocycles. The molecule has 0 aromatic carbocycles. The minimum absolute atomic E-state index is 0.0313. The predicted octanol–water partition coefficient (Wildman–Crippen LogP) is 3.07. The van der Waals surface area contributed by atoms with E-state index in [-0.39, 0.29) is 25.8 Å². The van der Waals surface area contributed by atoms with E-state index < -0.39 is 12.3 Å². The van der Waals surface area contributed by atoms with Gasteiger partial charge in [-0.05, 0) is 6.42 Å². The summed E-state index contributed by atoms with van der Waals surface area (Å²) in [5.41, 5.74) is 0. The molecule has 0 heterocycles. The van der Waals surface area contributed by atoms with Crippen molar-refractivity contribution >= 4 is 11.9 Å². The van der Waals surface area contributed by atoms with Crippen LogP contribution in [0.1, 0.15) is 58.3 Å². The summed E-state index contributed by atoms with van der Waals surface area (Å²) in [7, 11) is 1.38. The van der Waals surface area contributed by atoms with E-state index in [1.165, 1.54) is 51.7 Å². The van der Waals surface area contributed by atoms with E-state index in [1.807, 2.05) is 0 Å². The summed E-state index contributed by atoms with van der Waals surface area (Å²) in [4.78, 5) is 19.9. The zero-order valence-electron chi connectivity index (χ0n) is 18.0. The van der Waals surface area contributed by atoms with Crippen molar-refractivity contribution in [1.82, 2.24) is 0 Å². The summed E-state index contributed by atoms with van der Waals surface area (Å²) < 4.78 is 14.0. The molecule has 172 valence electrons. The van der Waals surface area contributed by atoms with Gasteiger partial charge in [-0.2, -0.15) is 0 Å². The molecule has 8 nitrogen and oxygen atoms in total. The number of aliphatic carboxylic acids is 1. The SMILES string of the molecule is C=CC(=O)O.C=CC(=O)OCCCCCCCCCC.COC(O)COCCO. The number of hydrogen-bond acceptors (Lipinski definition) is 7. The van der Waals surface area contributed by atoms with Gasteiger partial charge in [0.2, 0.25) is 0 Å². The molecule has 0 radical (unpaired) electrons. The third kappa shape index (κ3) is 37.7. The van der Waals surface area contributed by atoms with Crippen molar-refractivity contribution in [2.45, 2.75) is 64.6 Å². The lowest BCUT2D eigenvalue weighted by Crippen LogP contribution is -2.18. The van der Waals surface area contributed by atoms with Crippen LogP contribution in [0.3, 0.4) is 0 Å². The topological polar surface area (TPSA) is 123 Å². The summed E-state index contributed by atoms with van der Waals surface area (Å²) in [5.74, 6) is -1.29. The second-order valence-corrected chi connectivity index (χ2v) is 5.88. The van der Waals surface area contributed by atoms with Gasteiger partial charge in [-0.15, -0.1) is 0 Å². The second kappa shape index (κ2) is 28.5. The first-order valence-electron chi connectivity index (χ1n) is 9.93. The molecular weight excluding hydrogens is 380 g/mol. The van der Waals surface area contributed by atoms with Crippen LogP contribution in [0.4, 0.5) is 0 Å². The Bertz CT molecular complexity index is 385. The summed E-state index contributed by atoms with van der Waals surface area (Å²) in [5, 5.41) is 24.5. The summed E-state index contributed by atoms with van der Waals surface area (Å²) >= 11 is 0. The smallest absolute Gasteiger partial charge is 0.330 e. The molecular formula is C21H40O8. The number of esters is 1. The average Bonchev–Trinajstić information content (AvgIpc) is 2.73. The Morgan fingerprint density at radius 3 is 1.90 bits per heavy atom. The quantitative estimate of drug-likeness (QED) is 0.151. The number of unbranched alkanes of at least 4 members (excludes halogenated alkanes) is 7. The number of carbonyl (C=O) groups is 2. The van der Waals surface area contributed by atoms with Crippen molar-refractivity contribution in [2.24, 2.45) is 0 Å². The van der Waals surface area contributed by atoms with Crippen LogP contribution in [-0.2, 0) is 23.8 Å². The molecule has 0 rings (SSSR count). The van der Waals surface area contributed by atoms with Gasteiger partial charge in [-0.1, -0.05) is 65.0 Å². The fourth-order valence-electron chi connectivity index (χ4n) is 1.78. The van der Waals surface area contributed by atoms with Gasteiger partial charge < -0.3 is 29.5 Å². The summed E-state index contributed by atoms with van der Waals surface area (Å²) in [6.45, 7) is 9.39. The van der Waals surface area contributed by atoms with Crippen LogP contribution in [-0.4, -0.2) is 67.1 Å². The van der Waals surface area contributed by atoms with Crippen molar-refractivity contribution in [1.29, 1.82) is 0 Å². The number of carboxylic acid groups (broad SMARTS) is 1. The standard InChI is InChI=1S/C13H24O2.C5H12O4.C3H4O2/c1-3-5-6-7-8-9-10-11-12-15-13(14)4-2;1-8-5(7)4-9-3-2-6;1-2-3(4)5/h4H,2-3,5-12H2,1H3;5-7H,2-4H2,1H3;2H,1H2,(H,4,5). The Hall–Kier alpha value is -1.74. The Morgan fingerprint density at radius 2 is 1.48 bits per heavy atom. The van der Waals surface area contributed by atoms with Gasteiger partial charge in [0, 0.05) is 19.3 Å². The van der Waals surface area contributed by atoms with Crippen LogP contribution in [0.2, 0.25) is 0 Å². The molecule has 0 bridgehead atoms. The van der Waals surface area contributed by atoms with Crippen LogP contribution in [0.5, 0.6) is 0 Å². The molecule has 0 amide bonds. The molecule has 0 aromatic heterocycles. The highest BCUT2D eigenvalue weighted by Crippen LogP contribution is 2.08. The number of rotatable bonds is 16. The number of aliphatic hydroxyl groups is 2. The molecule has 0 spiro atoms. The Kier molecular flexibility index (Phi) is 31.4. The fraction of sp³-hybridized carbons (Fsp3) is 0.714. The highest BCUT2D eigenvalue weighted by molar-refractivity contribution is 5.81. The van der Waals surface area contributed by atoms with Crippen LogP contribution in [0.15, 0.2) is 25.3 Å². The summed E-state index contributed by atoms with van der Waals surface area (Å²) in [6.07, 6.45) is 11.3. The predicted molar refractivity (Wildman–Crippen MR) is 113 cm³/mol. The second-order valence-electron chi connectivity index (χ2n) is 5.88. The highest BCUT2D eigenvalue weighted by Gasteiger charge is 1.98. The van der Waals surface area contributed by atoms with Gasteiger partial charge >= 0.3 is 11.9 Å². The van der Waals surface area contributed by atoms with E-state index >= 15 is 0 Å². The van der Waals surface area contributed by atoms with E-state index in [9.17, 15) is 9.59 Å². The molecule has 1 unspecified atom stereocenters. The number of ether oxygens (including phenoxy) is 3. The van der Waals surface area contributed by atoms with E-state index in [1.54, 1.807) is 0 Å². The molecule has 0 aliphatic carbocycles. The molecule has 29 heavy (non-hydrogen) atoms. The normalized spacial score (nSPS) is 10.5. The molecule has 0 saturated carbocycles. The van der Waals surface area contributed by atoms with Crippen molar-refractivity contribution in [2.75, 3.05) is 33.5 Å². The Morgan fingerprint density at radius 1 is 0.966 bits per heavy atom. The van der Waals surface area contributed by atoms with Gasteiger partial charge in [0.15, 0.2) is 6.29 Å². The van der Waals surface area contributed by atoms with Crippen LogP contribution < -0.4 is 0 Å². The molecule has 1 atom stereocenters. The van der Waals surface area contributed by atoms with Crippen LogP contribution in [0, 0.1) is 0 Å². The fourth-order valence-corrected chi connectivity index (χ4v) is 1.78. The lowest BCUT2D eigenvalue weighted by Gasteiger charge is -2.06. The van der Waals surface area contributed by atoms with Gasteiger partial charge in [-0.3, -0.25) is 0 Å². The third-order valence-electron chi connectivity index (χ3n) is 3.35. The number of carbonyl (C=O) groups excluding carboxylic acids is 1. The van der Waals surface area contributed by atoms with Crippen LogP contribution in [0.25, 0.3) is 0 Å². The lowest BCUT2D eigenvalue weighted by molar-refractivity contribution is -0.138. The van der Waals surface area contributed by atoms with E-state index in [2.05, 4.69) is 24.8 Å². The Labute approximate surface area is 175 Å². The van der Waals surface area contributed by atoms with Crippen molar-refractivity contribution in [3.8, 4) is 0 Å². The maximum Gasteiger partial charge on any atom is 0.330 e. The van der Waals surface area contributed by atoms with Crippen LogP contribution >= 0.6 is 0 Å². The first-order chi connectivity index (χ1) is 13.9. The monoisotopic (exact) mass is 420 g/mol. The van der Waals surface area contributed by atoms with E-state index in [4.69, 9.17) is 24.8 Å². The molecule has 0 aromatic rings. The maximum atomic E-state index is 10.7. The zero-order valence-corrected chi connectivity index (χ0v) is 18.0. The first kappa shape index (κ1) is 31.9. The maximum absolute atomic E-state index is 10.7. The molecule has 8 heteroatoms. The number of hydrogen-bond donors (Lipinski definition) is 3. The highest BCUT2D eigenvalue weighted by atomic mass is 16.6. The minimum atomic E-state index is -0.981. The van der Waals surface area contributed by atoms with E-state index in [0.29, 0.717) is 6.61 Å². The first-order valence-corrected chi connectivity index (χ1v) is 9.93.